The van der Waals surface area contributed by atoms with Crippen LogP contribution in [0, 0.1) is 11.6 Å². The molecule has 1 heterocycles. The normalized spacial score (nSPS) is 17.0. The highest BCUT2D eigenvalue weighted by atomic mass is 35.5. The van der Waals surface area contributed by atoms with Crippen molar-refractivity contribution in [2.75, 3.05) is 5.75 Å². The number of amides is 1. The van der Waals surface area contributed by atoms with Gasteiger partial charge in [0.1, 0.15) is 11.6 Å². The van der Waals surface area contributed by atoms with E-state index in [1.807, 2.05) is 0 Å². The molecule has 0 fully saturated rings. The predicted octanol–water partition coefficient (Wildman–Crippen LogP) is 4.59. The molecule has 22 heavy (non-hydrogen) atoms. The maximum absolute atomic E-state index is 13.8. The number of rotatable bonds is 2. The summed E-state index contributed by atoms with van der Waals surface area (Å²) in [4.78, 5) is 13.2. The minimum Gasteiger partial charge on any atom is -0.345 e. The molecular formula is C16H12ClF2NOS. The smallest absolute Gasteiger partial charge is 0.254 e. The zero-order valence-corrected chi connectivity index (χ0v) is 13.0. The van der Waals surface area contributed by atoms with Crippen LogP contribution in [0.25, 0.3) is 0 Å². The monoisotopic (exact) mass is 339 g/mol. The Morgan fingerprint density at radius 2 is 2.05 bits per heavy atom. The van der Waals surface area contributed by atoms with E-state index in [0.717, 1.165) is 22.3 Å². The summed E-state index contributed by atoms with van der Waals surface area (Å²) in [7, 11) is 0. The summed E-state index contributed by atoms with van der Waals surface area (Å²) in [6.45, 7) is 0. The van der Waals surface area contributed by atoms with Crippen LogP contribution in [-0.4, -0.2) is 11.7 Å². The average Bonchev–Trinajstić information content (AvgIpc) is 2.50. The largest absolute Gasteiger partial charge is 0.345 e. The number of benzene rings is 2. The van der Waals surface area contributed by atoms with Crippen molar-refractivity contribution in [2.45, 2.75) is 17.4 Å². The third-order valence-electron chi connectivity index (χ3n) is 3.49. The number of fused-ring (bicyclic) bond motifs is 1. The molecule has 0 saturated heterocycles. The fraction of sp³-hybridized carbons (Fsp3) is 0.188. The fourth-order valence-corrected chi connectivity index (χ4v) is 3.70. The van der Waals surface area contributed by atoms with Gasteiger partial charge in [-0.2, -0.15) is 0 Å². The van der Waals surface area contributed by atoms with Crippen molar-refractivity contribution in [3.63, 3.8) is 0 Å². The Kier molecular flexibility index (Phi) is 4.36. The summed E-state index contributed by atoms with van der Waals surface area (Å²) < 4.78 is 27.2. The molecule has 2 nitrogen and oxygen atoms in total. The van der Waals surface area contributed by atoms with Gasteiger partial charge in [-0.3, -0.25) is 4.79 Å². The van der Waals surface area contributed by atoms with Gasteiger partial charge in [-0.1, -0.05) is 11.6 Å². The average molecular weight is 340 g/mol. The summed E-state index contributed by atoms with van der Waals surface area (Å²) in [6.07, 6.45) is 0.662. The van der Waals surface area contributed by atoms with E-state index in [-0.39, 0.29) is 22.4 Å². The highest BCUT2D eigenvalue weighted by Gasteiger charge is 2.24. The second-order valence-corrected chi connectivity index (χ2v) is 6.54. The Balaban J connectivity index is 1.87. The first-order valence-electron chi connectivity index (χ1n) is 6.73. The van der Waals surface area contributed by atoms with Crippen LogP contribution in [-0.2, 0) is 0 Å². The second kappa shape index (κ2) is 6.26. The van der Waals surface area contributed by atoms with Crippen LogP contribution in [0.2, 0.25) is 5.02 Å². The van der Waals surface area contributed by atoms with Gasteiger partial charge in [-0.05, 0) is 48.4 Å². The molecule has 2 aromatic carbocycles. The van der Waals surface area contributed by atoms with E-state index < -0.39 is 11.7 Å². The first-order valence-corrected chi connectivity index (χ1v) is 8.09. The minimum absolute atomic E-state index is 0.108. The lowest BCUT2D eigenvalue weighted by atomic mass is 10.0. The Morgan fingerprint density at radius 1 is 1.23 bits per heavy atom. The van der Waals surface area contributed by atoms with E-state index >= 15 is 0 Å². The van der Waals surface area contributed by atoms with Gasteiger partial charge in [0, 0.05) is 15.7 Å². The standard InChI is InChI=1S/C16H12ClF2NOS/c17-9-1-3-13(19)11(7-9)16(21)20-14-5-6-22-15-4-2-10(18)8-12(14)15/h1-4,7-8,14H,5-6H2,(H,20,21). The van der Waals surface area contributed by atoms with Crippen LogP contribution >= 0.6 is 23.4 Å². The third-order valence-corrected chi connectivity index (χ3v) is 4.85. The van der Waals surface area contributed by atoms with Crippen LogP contribution in [0.15, 0.2) is 41.3 Å². The van der Waals surface area contributed by atoms with Gasteiger partial charge >= 0.3 is 0 Å². The summed E-state index contributed by atoms with van der Waals surface area (Å²) in [5, 5.41) is 3.06. The Bertz CT molecular complexity index is 738. The van der Waals surface area contributed by atoms with Crippen molar-refractivity contribution in [3.05, 3.63) is 64.2 Å². The number of hydrogen-bond donors (Lipinski definition) is 1. The third kappa shape index (κ3) is 3.10. The maximum atomic E-state index is 13.8. The zero-order valence-electron chi connectivity index (χ0n) is 11.4. The number of hydrogen-bond acceptors (Lipinski definition) is 2. The topological polar surface area (TPSA) is 29.1 Å². The molecule has 114 valence electrons. The lowest BCUT2D eigenvalue weighted by Crippen LogP contribution is -2.31. The van der Waals surface area contributed by atoms with Crippen LogP contribution in [0.5, 0.6) is 0 Å². The summed E-state index contributed by atoms with van der Waals surface area (Å²) in [5.74, 6) is -0.727. The molecule has 6 heteroatoms. The van der Waals surface area contributed by atoms with E-state index in [1.54, 1.807) is 17.8 Å². The maximum Gasteiger partial charge on any atom is 0.254 e. The molecule has 0 spiro atoms. The molecule has 0 radical (unpaired) electrons. The van der Waals surface area contributed by atoms with E-state index in [9.17, 15) is 13.6 Å². The van der Waals surface area contributed by atoms with E-state index in [2.05, 4.69) is 5.32 Å². The van der Waals surface area contributed by atoms with Crippen LogP contribution in [0.1, 0.15) is 28.4 Å². The van der Waals surface area contributed by atoms with Crippen LogP contribution < -0.4 is 5.32 Å². The predicted molar refractivity (Wildman–Crippen MR) is 83.4 cm³/mol. The lowest BCUT2D eigenvalue weighted by molar-refractivity contribution is 0.0931. The van der Waals surface area contributed by atoms with Gasteiger partial charge in [-0.25, -0.2) is 8.78 Å². The zero-order chi connectivity index (χ0) is 15.7. The number of thioether (sulfide) groups is 1. The molecule has 1 amide bonds. The van der Waals surface area contributed by atoms with Gasteiger partial charge in [0.05, 0.1) is 11.6 Å². The van der Waals surface area contributed by atoms with Crippen molar-refractivity contribution in [1.29, 1.82) is 0 Å². The SMILES string of the molecule is O=C(NC1CCSc2ccc(F)cc21)c1cc(Cl)ccc1F. The highest BCUT2D eigenvalue weighted by molar-refractivity contribution is 7.99. The van der Waals surface area contributed by atoms with Crippen molar-refractivity contribution in [3.8, 4) is 0 Å². The van der Waals surface area contributed by atoms with E-state index in [0.29, 0.717) is 6.42 Å². The molecule has 1 N–H and O–H groups in total. The number of carbonyl (C=O) groups is 1. The molecule has 1 atom stereocenters. The Morgan fingerprint density at radius 3 is 2.86 bits per heavy atom. The quantitative estimate of drug-likeness (QED) is 0.867. The molecule has 0 aliphatic carbocycles. The molecule has 1 unspecified atom stereocenters. The van der Waals surface area contributed by atoms with E-state index in [4.69, 9.17) is 11.6 Å². The van der Waals surface area contributed by atoms with Crippen molar-refractivity contribution < 1.29 is 13.6 Å². The molecule has 1 aliphatic rings. The summed E-state index contributed by atoms with van der Waals surface area (Å²) in [5.41, 5.74) is 0.621. The lowest BCUT2D eigenvalue weighted by Gasteiger charge is -2.26. The summed E-state index contributed by atoms with van der Waals surface area (Å²) >= 11 is 7.42. The molecule has 2 aromatic rings. The number of halogens is 3. The summed E-state index contributed by atoms with van der Waals surface area (Å²) in [6, 6.07) is 8.01. The van der Waals surface area contributed by atoms with Gasteiger partial charge in [-0.15, -0.1) is 11.8 Å². The molecule has 0 saturated carbocycles. The molecule has 1 aliphatic heterocycles. The molecule has 3 rings (SSSR count). The first kappa shape index (κ1) is 15.3. The van der Waals surface area contributed by atoms with Crippen molar-refractivity contribution in [2.24, 2.45) is 0 Å². The van der Waals surface area contributed by atoms with Crippen molar-refractivity contribution >= 4 is 29.3 Å². The Hall–Kier alpha value is -1.59. The minimum atomic E-state index is -0.633. The van der Waals surface area contributed by atoms with Crippen molar-refractivity contribution in [1.82, 2.24) is 5.32 Å². The van der Waals surface area contributed by atoms with E-state index in [1.165, 1.54) is 24.3 Å². The molecular weight excluding hydrogens is 328 g/mol. The van der Waals surface area contributed by atoms with Crippen LogP contribution in [0.3, 0.4) is 0 Å². The highest BCUT2D eigenvalue weighted by Crippen LogP contribution is 2.36. The van der Waals surface area contributed by atoms with Gasteiger partial charge in [0.2, 0.25) is 0 Å². The van der Waals surface area contributed by atoms with Gasteiger partial charge in [0.25, 0.3) is 5.91 Å². The van der Waals surface area contributed by atoms with Gasteiger partial charge < -0.3 is 5.32 Å². The Labute approximate surface area is 135 Å². The first-order chi connectivity index (χ1) is 10.5. The van der Waals surface area contributed by atoms with Crippen LogP contribution in [0.4, 0.5) is 8.78 Å². The number of nitrogens with one attached hydrogen (secondary N) is 1. The second-order valence-electron chi connectivity index (χ2n) is 4.97. The van der Waals surface area contributed by atoms with Gasteiger partial charge in [0.15, 0.2) is 0 Å². The number of carbonyl (C=O) groups excluding carboxylic acids is 1. The molecule has 0 aromatic heterocycles. The molecule has 0 bridgehead atoms. The fourth-order valence-electron chi connectivity index (χ4n) is 2.42.